The first-order chi connectivity index (χ1) is 8.79. The minimum Gasteiger partial charge on any atom is -0.329 e. The molecule has 2 heteroatoms. The average molecular weight is 250 g/mol. The topological polar surface area (TPSA) is 38.0 Å². The highest BCUT2D eigenvalue weighted by molar-refractivity contribution is 5.01. The Kier molecular flexibility index (Phi) is 3.68. The molecule has 3 fully saturated rings. The Morgan fingerprint density at radius 2 is 1.83 bits per heavy atom. The molecule has 0 aromatic carbocycles. The molecule has 3 rings (SSSR count). The molecule has 2 unspecified atom stereocenters. The van der Waals surface area contributed by atoms with Gasteiger partial charge in [0.25, 0.3) is 0 Å². The van der Waals surface area contributed by atoms with Crippen LogP contribution in [0.15, 0.2) is 0 Å². The lowest BCUT2D eigenvalue weighted by Crippen LogP contribution is -2.55. The standard InChI is InChI=1S/C16H30N2/c1-2-14-4-3-9-16(14,11-17)18-10-15(12-5-6-12)13-7-8-13/h12-15,18H,2-11,17H2,1H3. The van der Waals surface area contributed by atoms with Gasteiger partial charge in [-0.2, -0.15) is 0 Å². The number of nitrogens with two attached hydrogens (primary N) is 1. The number of rotatable bonds is 7. The lowest BCUT2D eigenvalue weighted by Gasteiger charge is -2.37. The summed E-state index contributed by atoms with van der Waals surface area (Å²) in [6, 6.07) is 0. The van der Waals surface area contributed by atoms with Gasteiger partial charge in [-0.05, 0) is 68.7 Å². The summed E-state index contributed by atoms with van der Waals surface area (Å²) in [4.78, 5) is 0. The highest BCUT2D eigenvalue weighted by atomic mass is 15.0. The van der Waals surface area contributed by atoms with Crippen molar-refractivity contribution in [3.05, 3.63) is 0 Å². The zero-order chi connectivity index (χ0) is 12.6. The molecule has 3 aliphatic rings. The third kappa shape index (κ3) is 2.46. The van der Waals surface area contributed by atoms with Gasteiger partial charge < -0.3 is 11.1 Å². The van der Waals surface area contributed by atoms with Gasteiger partial charge in [0.15, 0.2) is 0 Å². The fourth-order valence-electron chi connectivity index (χ4n) is 4.40. The van der Waals surface area contributed by atoms with E-state index in [9.17, 15) is 0 Å². The first kappa shape index (κ1) is 12.9. The first-order valence-electron chi connectivity index (χ1n) is 8.24. The molecule has 0 saturated heterocycles. The van der Waals surface area contributed by atoms with Crippen molar-refractivity contribution in [3.63, 3.8) is 0 Å². The molecular weight excluding hydrogens is 220 g/mol. The molecule has 0 radical (unpaired) electrons. The van der Waals surface area contributed by atoms with Gasteiger partial charge in [0.1, 0.15) is 0 Å². The predicted octanol–water partition coefficient (Wildman–Crippen LogP) is 2.92. The maximum Gasteiger partial charge on any atom is 0.0332 e. The Labute approximate surface area is 112 Å². The molecule has 3 N–H and O–H groups in total. The molecule has 18 heavy (non-hydrogen) atoms. The van der Waals surface area contributed by atoms with E-state index in [2.05, 4.69) is 12.2 Å². The zero-order valence-electron chi connectivity index (χ0n) is 12.0. The lowest BCUT2D eigenvalue weighted by molar-refractivity contribution is 0.219. The van der Waals surface area contributed by atoms with Crippen LogP contribution in [0.3, 0.4) is 0 Å². The van der Waals surface area contributed by atoms with Crippen molar-refractivity contribution in [1.82, 2.24) is 5.32 Å². The van der Waals surface area contributed by atoms with Gasteiger partial charge in [0.05, 0.1) is 0 Å². The van der Waals surface area contributed by atoms with Gasteiger partial charge in [-0.1, -0.05) is 19.8 Å². The summed E-state index contributed by atoms with van der Waals surface area (Å²) >= 11 is 0. The summed E-state index contributed by atoms with van der Waals surface area (Å²) in [5, 5.41) is 3.96. The van der Waals surface area contributed by atoms with Crippen LogP contribution in [0, 0.1) is 23.7 Å². The van der Waals surface area contributed by atoms with E-state index in [4.69, 9.17) is 5.73 Å². The molecule has 0 aromatic heterocycles. The van der Waals surface area contributed by atoms with E-state index in [1.807, 2.05) is 0 Å². The summed E-state index contributed by atoms with van der Waals surface area (Å²) in [7, 11) is 0. The molecule has 104 valence electrons. The lowest BCUT2D eigenvalue weighted by atomic mass is 9.84. The predicted molar refractivity (Wildman–Crippen MR) is 76.4 cm³/mol. The number of hydrogen-bond acceptors (Lipinski definition) is 2. The molecule has 0 spiro atoms. The summed E-state index contributed by atoms with van der Waals surface area (Å²) in [5.74, 6) is 3.91. The fraction of sp³-hybridized carbons (Fsp3) is 1.00. The Bertz CT molecular complexity index is 271. The molecule has 0 amide bonds. The van der Waals surface area contributed by atoms with Crippen molar-refractivity contribution in [2.45, 2.75) is 63.8 Å². The third-order valence-electron chi connectivity index (χ3n) is 5.96. The second kappa shape index (κ2) is 5.13. The van der Waals surface area contributed by atoms with Crippen molar-refractivity contribution in [2.24, 2.45) is 29.4 Å². The molecule has 3 saturated carbocycles. The molecule has 0 aromatic rings. The van der Waals surface area contributed by atoms with E-state index < -0.39 is 0 Å². The van der Waals surface area contributed by atoms with Gasteiger partial charge in [-0.3, -0.25) is 0 Å². The van der Waals surface area contributed by atoms with Gasteiger partial charge >= 0.3 is 0 Å². The Balaban J connectivity index is 1.59. The molecule has 3 aliphatic carbocycles. The highest BCUT2D eigenvalue weighted by Gasteiger charge is 2.44. The van der Waals surface area contributed by atoms with E-state index in [0.717, 1.165) is 30.2 Å². The van der Waals surface area contributed by atoms with Gasteiger partial charge in [-0.25, -0.2) is 0 Å². The van der Waals surface area contributed by atoms with Gasteiger partial charge in [-0.15, -0.1) is 0 Å². The quantitative estimate of drug-likeness (QED) is 0.729. The number of nitrogens with one attached hydrogen (secondary N) is 1. The Hall–Kier alpha value is -0.0800. The molecule has 2 atom stereocenters. The Morgan fingerprint density at radius 3 is 2.33 bits per heavy atom. The van der Waals surface area contributed by atoms with Crippen LogP contribution in [0.4, 0.5) is 0 Å². The second-order valence-corrected chi connectivity index (χ2v) is 7.08. The van der Waals surface area contributed by atoms with Crippen molar-refractivity contribution < 1.29 is 0 Å². The van der Waals surface area contributed by atoms with Crippen LogP contribution in [-0.2, 0) is 0 Å². The minimum absolute atomic E-state index is 0.288. The van der Waals surface area contributed by atoms with Crippen LogP contribution in [-0.4, -0.2) is 18.6 Å². The van der Waals surface area contributed by atoms with Crippen LogP contribution >= 0.6 is 0 Å². The van der Waals surface area contributed by atoms with Crippen molar-refractivity contribution in [1.29, 1.82) is 0 Å². The summed E-state index contributed by atoms with van der Waals surface area (Å²) < 4.78 is 0. The van der Waals surface area contributed by atoms with E-state index in [1.165, 1.54) is 57.9 Å². The molecule has 0 heterocycles. The maximum absolute atomic E-state index is 6.14. The van der Waals surface area contributed by atoms with Gasteiger partial charge in [0.2, 0.25) is 0 Å². The van der Waals surface area contributed by atoms with E-state index >= 15 is 0 Å². The highest BCUT2D eigenvalue weighted by Crippen LogP contribution is 2.49. The SMILES string of the molecule is CCC1CCCC1(CN)NCC(C1CC1)C1CC1. The molecule has 0 aliphatic heterocycles. The monoisotopic (exact) mass is 250 g/mol. The minimum atomic E-state index is 0.288. The zero-order valence-corrected chi connectivity index (χ0v) is 12.0. The molecule has 0 bridgehead atoms. The van der Waals surface area contributed by atoms with Crippen LogP contribution < -0.4 is 11.1 Å². The first-order valence-corrected chi connectivity index (χ1v) is 8.24. The molecular formula is C16H30N2. The maximum atomic E-state index is 6.14. The average Bonchev–Trinajstić information content (AvgIpc) is 3.29. The fourth-order valence-corrected chi connectivity index (χ4v) is 4.40. The normalized spacial score (nSPS) is 36.5. The van der Waals surface area contributed by atoms with Gasteiger partial charge in [0, 0.05) is 12.1 Å². The van der Waals surface area contributed by atoms with Crippen LogP contribution in [0.2, 0.25) is 0 Å². The van der Waals surface area contributed by atoms with E-state index in [0.29, 0.717) is 0 Å². The van der Waals surface area contributed by atoms with E-state index in [1.54, 1.807) is 0 Å². The van der Waals surface area contributed by atoms with Crippen molar-refractivity contribution in [2.75, 3.05) is 13.1 Å². The smallest absolute Gasteiger partial charge is 0.0332 e. The van der Waals surface area contributed by atoms with E-state index in [-0.39, 0.29) is 5.54 Å². The summed E-state index contributed by atoms with van der Waals surface area (Å²) in [6.07, 6.45) is 11.3. The van der Waals surface area contributed by atoms with Crippen molar-refractivity contribution >= 4 is 0 Å². The largest absolute Gasteiger partial charge is 0.329 e. The Morgan fingerprint density at radius 1 is 1.17 bits per heavy atom. The molecule has 2 nitrogen and oxygen atoms in total. The summed E-state index contributed by atoms with van der Waals surface area (Å²) in [6.45, 7) is 4.43. The van der Waals surface area contributed by atoms with Crippen molar-refractivity contribution in [3.8, 4) is 0 Å². The number of hydrogen-bond donors (Lipinski definition) is 2. The summed E-state index contributed by atoms with van der Waals surface area (Å²) in [5.41, 5.74) is 6.43. The van der Waals surface area contributed by atoms with Crippen LogP contribution in [0.1, 0.15) is 58.3 Å². The second-order valence-electron chi connectivity index (χ2n) is 7.08. The van der Waals surface area contributed by atoms with Crippen LogP contribution in [0.5, 0.6) is 0 Å². The van der Waals surface area contributed by atoms with Crippen LogP contribution in [0.25, 0.3) is 0 Å². The third-order valence-corrected chi connectivity index (χ3v) is 5.96.